The Hall–Kier alpha value is -0.0800. The van der Waals surface area contributed by atoms with E-state index in [1.807, 2.05) is 0 Å². The van der Waals surface area contributed by atoms with Crippen molar-refractivity contribution in [1.82, 2.24) is 10.2 Å². The summed E-state index contributed by atoms with van der Waals surface area (Å²) in [6, 6.07) is 0. The SMILES string of the molecule is CNCC1(CC2CCN(C)C2)CC1. The monoisotopic (exact) mass is 182 g/mol. The minimum absolute atomic E-state index is 0.713. The van der Waals surface area contributed by atoms with Crippen LogP contribution in [0.2, 0.25) is 0 Å². The van der Waals surface area contributed by atoms with Gasteiger partial charge in [0.25, 0.3) is 0 Å². The van der Waals surface area contributed by atoms with E-state index in [1.165, 1.54) is 45.3 Å². The minimum Gasteiger partial charge on any atom is -0.319 e. The lowest BCUT2D eigenvalue weighted by Gasteiger charge is -2.19. The van der Waals surface area contributed by atoms with E-state index >= 15 is 0 Å². The standard InChI is InChI=1S/C11H22N2/c1-12-9-11(4-5-11)7-10-3-6-13(2)8-10/h10,12H,3-9H2,1-2H3. The van der Waals surface area contributed by atoms with Gasteiger partial charge in [-0.2, -0.15) is 0 Å². The lowest BCUT2D eigenvalue weighted by Crippen LogP contribution is -2.23. The summed E-state index contributed by atoms with van der Waals surface area (Å²) < 4.78 is 0. The molecule has 0 radical (unpaired) electrons. The van der Waals surface area contributed by atoms with Crippen LogP contribution in [0, 0.1) is 11.3 Å². The summed E-state index contributed by atoms with van der Waals surface area (Å²) in [6.07, 6.45) is 5.84. The Labute approximate surface area is 81.7 Å². The molecule has 1 aliphatic carbocycles. The van der Waals surface area contributed by atoms with Crippen molar-refractivity contribution in [3.63, 3.8) is 0 Å². The maximum atomic E-state index is 3.34. The molecule has 0 aromatic heterocycles. The molecule has 0 aromatic rings. The average Bonchev–Trinajstić information content (AvgIpc) is 2.70. The van der Waals surface area contributed by atoms with E-state index in [0.29, 0.717) is 5.41 Å². The van der Waals surface area contributed by atoms with Crippen LogP contribution in [0.3, 0.4) is 0 Å². The largest absolute Gasteiger partial charge is 0.319 e. The van der Waals surface area contributed by atoms with Crippen LogP contribution >= 0.6 is 0 Å². The first kappa shape index (κ1) is 9.47. The van der Waals surface area contributed by atoms with Crippen LogP contribution in [0.5, 0.6) is 0 Å². The van der Waals surface area contributed by atoms with E-state index in [1.54, 1.807) is 0 Å². The normalized spacial score (nSPS) is 32.3. The van der Waals surface area contributed by atoms with Crippen molar-refractivity contribution in [2.45, 2.75) is 25.7 Å². The summed E-state index contributed by atoms with van der Waals surface area (Å²) in [7, 11) is 4.33. The first-order chi connectivity index (χ1) is 6.24. The third-order valence-electron chi connectivity index (χ3n) is 3.72. The van der Waals surface area contributed by atoms with Crippen LogP contribution in [0.4, 0.5) is 0 Å². The van der Waals surface area contributed by atoms with Gasteiger partial charge in [0.1, 0.15) is 0 Å². The number of hydrogen-bond donors (Lipinski definition) is 1. The van der Waals surface area contributed by atoms with E-state index in [0.717, 1.165) is 5.92 Å². The summed E-state index contributed by atoms with van der Waals surface area (Å²) in [5.41, 5.74) is 0.713. The second-order valence-corrected chi connectivity index (χ2v) is 5.15. The van der Waals surface area contributed by atoms with Crippen molar-refractivity contribution >= 4 is 0 Å². The van der Waals surface area contributed by atoms with Gasteiger partial charge in [-0.15, -0.1) is 0 Å². The van der Waals surface area contributed by atoms with Crippen LogP contribution in [0.15, 0.2) is 0 Å². The number of likely N-dealkylation sites (tertiary alicyclic amines) is 1. The molecule has 1 N–H and O–H groups in total. The molecule has 1 saturated carbocycles. The highest BCUT2D eigenvalue weighted by atomic mass is 15.1. The average molecular weight is 182 g/mol. The summed E-state index contributed by atoms with van der Waals surface area (Å²) in [6.45, 7) is 3.90. The van der Waals surface area contributed by atoms with Gasteiger partial charge < -0.3 is 10.2 Å². The van der Waals surface area contributed by atoms with E-state index in [9.17, 15) is 0 Å². The van der Waals surface area contributed by atoms with Crippen molar-refractivity contribution in [3.05, 3.63) is 0 Å². The summed E-state index contributed by atoms with van der Waals surface area (Å²) in [5, 5.41) is 3.34. The van der Waals surface area contributed by atoms with E-state index in [2.05, 4.69) is 24.3 Å². The molecule has 0 bridgehead atoms. The lowest BCUT2D eigenvalue weighted by molar-refractivity contribution is 0.329. The molecule has 13 heavy (non-hydrogen) atoms. The van der Waals surface area contributed by atoms with Crippen LogP contribution in [0.25, 0.3) is 0 Å². The van der Waals surface area contributed by atoms with Gasteiger partial charge in [-0.05, 0) is 57.7 Å². The van der Waals surface area contributed by atoms with E-state index in [-0.39, 0.29) is 0 Å². The number of rotatable bonds is 4. The molecule has 2 fully saturated rings. The van der Waals surface area contributed by atoms with Gasteiger partial charge in [-0.25, -0.2) is 0 Å². The summed E-state index contributed by atoms with van der Waals surface area (Å²) in [4.78, 5) is 2.47. The van der Waals surface area contributed by atoms with Crippen molar-refractivity contribution in [3.8, 4) is 0 Å². The van der Waals surface area contributed by atoms with Crippen molar-refractivity contribution in [1.29, 1.82) is 0 Å². The van der Waals surface area contributed by atoms with Gasteiger partial charge in [0.15, 0.2) is 0 Å². The number of nitrogens with zero attached hydrogens (tertiary/aromatic N) is 1. The highest BCUT2D eigenvalue weighted by Crippen LogP contribution is 2.51. The fraction of sp³-hybridized carbons (Fsp3) is 1.00. The third kappa shape index (κ3) is 2.23. The molecule has 1 aliphatic heterocycles. The van der Waals surface area contributed by atoms with Gasteiger partial charge in [0, 0.05) is 13.1 Å². The summed E-state index contributed by atoms with van der Waals surface area (Å²) in [5.74, 6) is 0.987. The van der Waals surface area contributed by atoms with Crippen LogP contribution < -0.4 is 5.32 Å². The molecule has 2 heteroatoms. The maximum absolute atomic E-state index is 3.34. The summed E-state index contributed by atoms with van der Waals surface area (Å²) >= 11 is 0. The van der Waals surface area contributed by atoms with Crippen molar-refractivity contribution < 1.29 is 0 Å². The molecular formula is C11H22N2. The fourth-order valence-electron chi connectivity index (χ4n) is 2.81. The van der Waals surface area contributed by atoms with Gasteiger partial charge in [-0.1, -0.05) is 0 Å². The Balaban J connectivity index is 1.77. The minimum atomic E-state index is 0.713. The zero-order valence-electron chi connectivity index (χ0n) is 8.97. The molecule has 2 aliphatic rings. The Morgan fingerprint density at radius 3 is 2.69 bits per heavy atom. The Morgan fingerprint density at radius 2 is 2.23 bits per heavy atom. The van der Waals surface area contributed by atoms with Crippen molar-refractivity contribution in [2.24, 2.45) is 11.3 Å². The van der Waals surface area contributed by atoms with Crippen LogP contribution in [-0.4, -0.2) is 38.6 Å². The zero-order chi connectivity index (χ0) is 9.31. The third-order valence-corrected chi connectivity index (χ3v) is 3.72. The highest BCUT2D eigenvalue weighted by molar-refractivity contribution is 4.97. The van der Waals surface area contributed by atoms with Crippen LogP contribution in [0.1, 0.15) is 25.7 Å². The molecule has 0 aromatic carbocycles. The molecular weight excluding hydrogens is 160 g/mol. The molecule has 76 valence electrons. The molecule has 1 atom stereocenters. The molecule has 2 rings (SSSR count). The molecule has 1 saturated heterocycles. The molecule has 0 amide bonds. The van der Waals surface area contributed by atoms with E-state index < -0.39 is 0 Å². The second kappa shape index (κ2) is 3.58. The lowest BCUT2D eigenvalue weighted by atomic mass is 9.91. The number of hydrogen-bond acceptors (Lipinski definition) is 2. The smallest absolute Gasteiger partial charge is 0.000730 e. The first-order valence-corrected chi connectivity index (χ1v) is 5.57. The Bertz CT molecular complexity index is 175. The number of nitrogens with one attached hydrogen (secondary N) is 1. The molecule has 2 nitrogen and oxygen atoms in total. The predicted molar refractivity (Wildman–Crippen MR) is 55.8 cm³/mol. The molecule has 1 heterocycles. The van der Waals surface area contributed by atoms with Gasteiger partial charge in [0.2, 0.25) is 0 Å². The van der Waals surface area contributed by atoms with Crippen LogP contribution in [-0.2, 0) is 0 Å². The zero-order valence-corrected chi connectivity index (χ0v) is 8.97. The molecule has 1 unspecified atom stereocenters. The maximum Gasteiger partial charge on any atom is 0.000730 e. The van der Waals surface area contributed by atoms with Gasteiger partial charge in [-0.3, -0.25) is 0 Å². The quantitative estimate of drug-likeness (QED) is 0.705. The topological polar surface area (TPSA) is 15.3 Å². The Morgan fingerprint density at radius 1 is 1.46 bits per heavy atom. The first-order valence-electron chi connectivity index (χ1n) is 5.57. The fourth-order valence-corrected chi connectivity index (χ4v) is 2.81. The second-order valence-electron chi connectivity index (χ2n) is 5.15. The van der Waals surface area contributed by atoms with E-state index in [4.69, 9.17) is 0 Å². The highest BCUT2D eigenvalue weighted by Gasteiger charge is 2.43. The van der Waals surface area contributed by atoms with Gasteiger partial charge in [0.05, 0.1) is 0 Å². The van der Waals surface area contributed by atoms with Crippen molar-refractivity contribution in [2.75, 3.05) is 33.7 Å². The molecule has 0 spiro atoms. The Kier molecular flexibility index (Phi) is 2.61. The van der Waals surface area contributed by atoms with Gasteiger partial charge >= 0.3 is 0 Å². The predicted octanol–water partition coefficient (Wildman–Crippen LogP) is 1.33.